The summed E-state index contributed by atoms with van der Waals surface area (Å²) in [6.07, 6.45) is 0.734. The van der Waals surface area contributed by atoms with Crippen LogP contribution >= 0.6 is 11.8 Å². The average Bonchev–Trinajstić information content (AvgIpc) is 2.64. The molecule has 0 aliphatic carbocycles. The molecule has 0 fully saturated rings. The lowest BCUT2D eigenvalue weighted by atomic mass is 10.1. The van der Waals surface area contributed by atoms with E-state index in [1.165, 1.54) is 11.8 Å². The average molecular weight is 285 g/mol. The Labute approximate surface area is 118 Å². The first kappa shape index (κ1) is 16.0. The Kier molecular flexibility index (Phi) is 5.37. The minimum atomic E-state index is -0.229. The smallest absolute Gasteiger partial charge is 0.233 e. The van der Waals surface area contributed by atoms with Crippen molar-refractivity contribution in [3.8, 4) is 0 Å². The summed E-state index contributed by atoms with van der Waals surface area (Å²) < 4.78 is 1.83. The van der Waals surface area contributed by atoms with Gasteiger partial charge in [-0.1, -0.05) is 18.7 Å². The summed E-state index contributed by atoms with van der Waals surface area (Å²) >= 11 is 1.42. The Bertz CT molecular complexity index is 438. The van der Waals surface area contributed by atoms with E-state index < -0.39 is 0 Å². The Morgan fingerprint density at radius 2 is 2.11 bits per heavy atom. The van der Waals surface area contributed by atoms with Crippen molar-refractivity contribution in [1.82, 2.24) is 20.1 Å². The third-order valence-electron chi connectivity index (χ3n) is 2.52. The summed E-state index contributed by atoms with van der Waals surface area (Å²) in [7, 11) is 1.86. The standard InChI is InChI=1S/C12H23N5OS/c1-6-8(10(18)14-12(2,3)4)19-11-16-15-9(7-13)17(11)5/h8H,6-7,13H2,1-5H3,(H,14,18)/t8-/m1/s1. The van der Waals surface area contributed by atoms with Crippen molar-refractivity contribution >= 4 is 17.7 Å². The molecule has 1 aromatic heterocycles. The molecule has 3 N–H and O–H groups in total. The molecule has 0 saturated carbocycles. The number of nitrogens with one attached hydrogen (secondary N) is 1. The normalized spacial score (nSPS) is 13.4. The maximum absolute atomic E-state index is 12.2. The van der Waals surface area contributed by atoms with E-state index in [0.29, 0.717) is 12.4 Å². The number of hydrogen-bond acceptors (Lipinski definition) is 5. The number of aromatic nitrogens is 3. The van der Waals surface area contributed by atoms with Crippen molar-refractivity contribution in [3.63, 3.8) is 0 Å². The van der Waals surface area contributed by atoms with E-state index in [1.807, 2.05) is 39.3 Å². The Balaban J connectivity index is 2.76. The summed E-state index contributed by atoms with van der Waals surface area (Å²) in [4.78, 5) is 12.2. The van der Waals surface area contributed by atoms with Crippen LogP contribution in [0, 0.1) is 0 Å². The lowest BCUT2D eigenvalue weighted by molar-refractivity contribution is -0.122. The van der Waals surface area contributed by atoms with Crippen molar-refractivity contribution in [2.24, 2.45) is 12.8 Å². The van der Waals surface area contributed by atoms with Gasteiger partial charge >= 0.3 is 0 Å². The highest BCUT2D eigenvalue weighted by molar-refractivity contribution is 8.00. The fourth-order valence-corrected chi connectivity index (χ4v) is 2.46. The minimum absolute atomic E-state index is 0.0253. The Hall–Kier alpha value is -1.08. The van der Waals surface area contributed by atoms with Gasteiger partial charge in [-0.15, -0.1) is 10.2 Å². The van der Waals surface area contributed by atoms with Crippen LogP contribution in [0.2, 0.25) is 0 Å². The van der Waals surface area contributed by atoms with Crippen LogP contribution in [-0.2, 0) is 18.4 Å². The predicted molar refractivity (Wildman–Crippen MR) is 76.7 cm³/mol. The Morgan fingerprint density at radius 3 is 2.53 bits per heavy atom. The molecule has 1 heterocycles. The largest absolute Gasteiger partial charge is 0.351 e. The number of rotatable bonds is 5. The van der Waals surface area contributed by atoms with Crippen molar-refractivity contribution in [2.75, 3.05) is 0 Å². The van der Waals surface area contributed by atoms with Gasteiger partial charge in [0.25, 0.3) is 0 Å². The van der Waals surface area contributed by atoms with E-state index in [1.54, 1.807) is 0 Å². The van der Waals surface area contributed by atoms with Gasteiger partial charge < -0.3 is 15.6 Å². The van der Waals surface area contributed by atoms with Crippen LogP contribution in [0.1, 0.15) is 39.9 Å². The molecular formula is C12H23N5OS. The second-order valence-corrected chi connectivity index (χ2v) is 6.59. The summed E-state index contributed by atoms with van der Waals surface area (Å²) in [5, 5.41) is 11.6. The molecular weight excluding hydrogens is 262 g/mol. The Morgan fingerprint density at radius 1 is 1.47 bits per heavy atom. The van der Waals surface area contributed by atoms with Gasteiger partial charge in [-0.25, -0.2) is 0 Å². The van der Waals surface area contributed by atoms with Crippen LogP contribution in [0.25, 0.3) is 0 Å². The highest BCUT2D eigenvalue weighted by Gasteiger charge is 2.24. The molecule has 7 heteroatoms. The lowest BCUT2D eigenvalue weighted by Crippen LogP contribution is -2.44. The molecule has 0 aliphatic heterocycles. The van der Waals surface area contributed by atoms with Gasteiger partial charge in [0, 0.05) is 12.6 Å². The molecule has 0 unspecified atom stereocenters. The first-order valence-corrected chi connectivity index (χ1v) is 7.23. The van der Waals surface area contributed by atoms with E-state index in [2.05, 4.69) is 15.5 Å². The van der Waals surface area contributed by atoms with Gasteiger partial charge in [0.05, 0.1) is 11.8 Å². The molecule has 6 nitrogen and oxygen atoms in total. The van der Waals surface area contributed by atoms with Crippen LogP contribution in [0.5, 0.6) is 0 Å². The summed E-state index contributed by atoms with van der Waals surface area (Å²) in [6.45, 7) is 8.24. The van der Waals surface area contributed by atoms with Crippen molar-refractivity contribution in [3.05, 3.63) is 5.82 Å². The molecule has 0 aliphatic rings. The quantitative estimate of drug-likeness (QED) is 0.790. The number of carbonyl (C=O) groups excluding carboxylic acids is 1. The number of hydrogen-bond donors (Lipinski definition) is 2. The predicted octanol–water partition coefficient (Wildman–Crippen LogP) is 1.06. The molecule has 0 spiro atoms. The summed E-state index contributed by atoms with van der Waals surface area (Å²) in [5.41, 5.74) is 5.33. The van der Waals surface area contributed by atoms with Gasteiger partial charge in [-0.2, -0.15) is 0 Å². The number of carbonyl (C=O) groups is 1. The number of amides is 1. The van der Waals surface area contributed by atoms with Gasteiger partial charge in [0.2, 0.25) is 5.91 Å². The van der Waals surface area contributed by atoms with E-state index in [9.17, 15) is 4.79 Å². The number of nitrogens with zero attached hydrogens (tertiary/aromatic N) is 3. The fraction of sp³-hybridized carbons (Fsp3) is 0.750. The van der Waals surface area contributed by atoms with Gasteiger partial charge in [0.15, 0.2) is 5.16 Å². The highest BCUT2D eigenvalue weighted by Crippen LogP contribution is 2.24. The van der Waals surface area contributed by atoms with E-state index in [4.69, 9.17) is 5.73 Å². The van der Waals surface area contributed by atoms with Crippen LogP contribution in [0.15, 0.2) is 5.16 Å². The van der Waals surface area contributed by atoms with Crippen LogP contribution in [-0.4, -0.2) is 31.5 Å². The monoisotopic (exact) mass is 285 g/mol. The van der Waals surface area contributed by atoms with Crippen LogP contribution in [0.4, 0.5) is 0 Å². The fourth-order valence-electron chi connectivity index (χ4n) is 1.53. The molecule has 19 heavy (non-hydrogen) atoms. The molecule has 0 bridgehead atoms. The minimum Gasteiger partial charge on any atom is -0.351 e. The first-order valence-electron chi connectivity index (χ1n) is 6.35. The lowest BCUT2D eigenvalue weighted by Gasteiger charge is -2.23. The van der Waals surface area contributed by atoms with E-state index >= 15 is 0 Å². The molecule has 1 amide bonds. The third kappa shape index (κ3) is 4.50. The number of nitrogens with two attached hydrogens (primary N) is 1. The molecule has 0 saturated heterocycles. The van der Waals surface area contributed by atoms with Gasteiger partial charge in [-0.3, -0.25) is 4.79 Å². The van der Waals surface area contributed by atoms with Gasteiger partial charge in [0.1, 0.15) is 5.82 Å². The zero-order valence-corrected chi connectivity index (χ0v) is 13.0. The summed E-state index contributed by atoms with van der Waals surface area (Å²) in [5.74, 6) is 0.742. The van der Waals surface area contributed by atoms with Gasteiger partial charge in [-0.05, 0) is 27.2 Å². The van der Waals surface area contributed by atoms with Crippen molar-refractivity contribution < 1.29 is 4.79 Å². The third-order valence-corrected chi connectivity index (χ3v) is 3.92. The molecule has 108 valence electrons. The van der Waals surface area contributed by atoms with Crippen LogP contribution in [0.3, 0.4) is 0 Å². The first-order chi connectivity index (χ1) is 8.78. The van der Waals surface area contributed by atoms with E-state index in [0.717, 1.165) is 11.6 Å². The number of thioether (sulfide) groups is 1. The topological polar surface area (TPSA) is 85.8 Å². The van der Waals surface area contributed by atoms with E-state index in [-0.39, 0.29) is 16.7 Å². The van der Waals surface area contributed by atoms with Crippen LogP contribution < -0.4 is 11.1 Å². The molecule has 0 radical (unpaired) electrons. The maximum Gasteiger partial charge on any atom is 0.233 e. The zero-order chi connectivity index (χ0) is 14.6. The molecule has 1 aromatic rings. The zero-order valence-electron chi connectivity index (χ0n) is 12.2. The van der Waals surface area contributed by atoms with Crippen molar-refractivity contribution in [1.29, 1.82) is 0 Å². The highest BCUT2D eigenvalue weighted by atomic mass is 32.2. The second kappa shape index (κ2) is 6.38. The molecule has 1 atom stereocenters. The molecule has 1 rings (SSSR count). The maximum atomic E-state index is 12.2. The van der Waals surface area contributed by atoms with Crippen molar-refractivity contribution in [2.45, 2.75) is 56.6 Å². The summed E-state index contributed by atoms with van der Waals surface area (Å²) in [6, 6.07) is 0. The SMILES string of the molecule is CC[C@@H](Sc1nnc(CN)n1C)C(=O)NC(C)(C)C. The molecule has 0 aromatic carbocycles. The second-order valence-electron chi connectivity index (χ2n) is 5.42.